The maximum Gasteiger partial charge on any atom is 0.335 e. The van der Waals surface area contributed by atoms with Crippen molar-refractivity contribution in [2.45, 2.75) is 38.8 Å². The molecule has 0 saturated carbocycles. The third-order valence-corrected chi connectivity index (χ3v) is 5.64. The zero-order valence-corrected chi connectivity index (χ0v) is 14.4. The minimum absolute atomic E-state index is 0.174. The number of hydrogen-bond acceptors (Lipinski definition) is 5. The number of nitrogens with zero attached hydrogens (tertiary/aromatic N) is 1. The largest absolute Gasteiger partial charge is 0.450 e. The van der Waals surface area contributed by atoms with Crippen LogP contribution < -0.4 is 5.32 Å². The molecule has 0 atom stereocenters. The van der Waals surface area contributed by atoms with Gasteiger partial charge in [0.15, 0.2) is 0 Å². The molecule has 23 heavy (non-hydrogen) atoms. The number of esters is 1. The van der Waals surface area contributed by atoms with Gasteiger partial charge in [-0.2, -0.15) is 0 Å². The van der Waals surface area contributed by atoms with Gasteiger partial charge in [-0.25, -0.2) is 4.79 Å². The maximum absolute atomic E-state index is 12.7. The van der Waals surface area contributed by atoms with Crippen LogP contribution in [-0.2, 0) is 20.9 Å². The van der Waals surface area contributed by atoms with Crippen LogP contribution in [0.2, 0.25) is 0 Å². The molecule has 1 aromatic heterocycles. The molecule has 0 aromatic carbocycles. The van der Waals surface area contributed by atoms with E-state index < -0.39 is 5.60 Å². The number of amides is 1. The zero-order chi connectivity index (χ0) is 16.4. The summed E-state index contributed by atoms with van der Waals surface area (Å²) in [5.74, 6) is -0.525. The standard InChI is InChI=1S/C17H22N2O3S/c1-3-19-8-6-17(7-9-19)14(12(2)16(21)22-17)15(20)18-11-13-5-4-10-23-13/h4-5,10H,3,6-9,11H2,1-2H3,(H,18,20). The van der Waals surface area contributed by atoms with Crippen LogP contribution in [0.4, 0.5) is 0 Å². The highest BCUT2D eigenvalue weighted by molar-refractivity contribution is 7.09. The molecule has 2 aliphatic rings. The molecule has 2 aliphatic heterocycles. The summed E-state index contributed by atoms with van der Waals surface area (Å²) in [6.45, 7) is 6.97. The van der Waals surface area contributed by atoms with Crippen molar-refractivity contribution in [1.29, 1.82) is 0 Å². The number of carbonyl (C=O) groups excluding carboxylic acids is 2. The van der Waals surface area contributed by atoms with E-state index in [1.165, 1.54) is 0 Å². The molecule has 1 aromatic rings. The number of piperidine rings is 1. The van der Waals surface area contributed by atoms with E-state index in [0.717, 1.165) is 24.5 Å². The lowest BCUT2D eigenvalue weighted by Crippen LogP contribution is -2.48. The average molecular weight is 334 g/mol. The summed E-state index contributed by atoms with van der Waals surface area (Å²) in [6.07, 6.45) is 1.37. The molecule has 0 unspecified atom stereocenters. The van der Waals surface area contributed by atoms with Crippen molar-refractivity contribution in [1.82, 2.24) is 10.2 Å². The summed E-state index contributed by atoms with van der Waals surface area (Å²) >= 11 is 1.60. The number of carbonyl (C=O) groups is 2. The predicted molar refractivity (Wildman–Crippen MR) is 89.0 cm³/mol. The van der Waals surface area contributed by atoms with Crippen LogP contribution in [-0.4, -0.2) is 42.0 Å². The number of ether oxygens (including phenoxy) is 1. The number of rotatable bonds is 4. The van der Waals surface area contributed by atoms with Gasteiger partial charge in [-0.1, -0.05) is 13.0 Å². The molecule has 5 nitrogen and oxygen atoms in total. The lowest BCUT2D eigenvalue weighted by molar-refractivity contribution is -0.150. The normalized spacial score (nSPS) is 20.9. The summed E-state index contributed by atoms with van der Waals surface area (Å²) in [5, 5.41) is 4.92. The molecule has 6 heteroatoms. The first kappa shape index (κ1) is 16.2. The summed E-state index contributed by atoms with van der Waals surface area (Å²) in [4.78, 5) is 28.2. The number of nitrogens with one attached hydrogen (secondary N) is 1. The fourth-order valence-corrected chi connectivity index (χ4v) is 4.02. The van der Waals surface area contributed by atoms with Crippen molar-refractivity contribution in [3.05, 3.63) is 33.5 Å². The Hall–Kier alpha value is -1.66. The predicted octanol–water partition coefficient (Wildman–Crippen LogP) is 2.09. The number of thiophene rings is 1. The Morgan fingerprint density at radius 2 is 2.17 bits per heavy atom. The van der Waals surface area contributed by atoms with E-state index in [9.17, 15) is 9.59 Å². The smallest absolute Gasteiger partial charge is 0.335 e. The van der Waals surface area contributed by atoms with Crippen molar-refractivity contribution < 1.29 is 14.3 Å². The topological polar surface area (TPSA) is 58.6 Å². The van der Waals surface area contributed by atoms with E-state index in [4.69, 9.17) is 4.74 Å². The second-order valence-corrected chi connectivity index (χ2v) is 7.11. The summed E-state index contributed by atoms with van der Waals surface area (Å²) in [7, 11) is 0. The molecule has 0 radical (unpaired) electrons. The quantitative estimate of drug-likeness (QED) is 0.857. The van der Waals surface area contributed by atoms with E-state index in [1.54, 1.807) is 18.3 Å². The van der Waals surface area contributed by atoms with Crippen LogP contribution in [0.3, 0.4) is 0 Å². The lowest BCUT2D eigenvalue weighted by Gasteiger charge is -2.38. The minimum atomic E-state index is -0.730. The van der Waals surface area contributed by atoms with Crippen molar-refractivity contribution >= 4 is 23.2 Å². The number of hydrogen-bond donors (Lipinski definition) is 1. The van der Waals surface area contributed by atoms with Gasteiger partial charge in [0, 0.05) is 36.4 Å². The van der Waals surface area contributed by atoms with Gasteiger partial charge in [-0.15, -0.1) is 11.3 Å². The fraction of sp³-hybridized carbons (Fsp3) is 0.529. The molecular formula is C17H22N2O3S. The number of likely N-dealkylation sites (tertiary alicyclic amines) is 1. The van der Waals surface area contributed by atoms with Gasteiger partial charge in [-0.3, -0.25) is 4.79 Å². The van der Waals surface area contributed by atoms with E-state index >= 15 is 0 Å². The van der Waals surface area contributed by atoms with Crippen LogP contribution in [0.5, 0.6) is 0 Å². The van der Waals surface area contributed by atoms with Crippen molar-refractivity contribution in [3.63, 3.8) is 0 Å². The molecule has 3 rings (SSSR count). The molecule has 1 spiro atoms. The first-order chi connectivity index (χ1) is 11.1. The molecule has 0 bridgehead atoms. The van der Waals surface area contributed by atoms with Gasteiger partial charge in [0.05, 0.1) is 12.1 Å². The summed E-state index contributed by atoms with van der Waals surface area (Å²) in [5.41, 5.74) is 0.264. The molecular weight excluding hydrogens is 312 g/mol. The minimum Gasteiger partial charge on any atom is -0.450 e. The lowest BCUT2D eigenvalue weighted by atomic mass is 9.82. The Labute approximate surface area is 140 Å². The van der Waals surface area contributed by atoms with E-state index in [-0.39, 0.29) is 11.9 Å². The average Bonchev–Trinajstić information content (AvgIpc) is 3.14. The summed E-state index contributed by atoms with van der Waals surface area (Å²) < 4.78 is 5.67. The maximum atomic E-state index is 12.7. The van der Waals surface area contributed by atoms with Gasteiger partial charge in [0.2, 0.25) is 0 Å². The monoisotopic (exact) mass is 334 g/mol. The third-order valence-electron chi connectivity index (χ3n) is 4.77. The van der Waals surface area contributed by atoms with Gasteiger partial charge in [-0.05, 0) is 24.9 Å². The molecule has 3 heterocycles. The van der Waals surface area contributed by atoms with Crippen molar-refractivity contribution in [3.8, 4) is 0 Å². The Morgan fingerprint density at radius 3 is 2.78 bits per heavy atom. The Kier molecular flexibility index (Phi) is 4.55. The van der Waals surface area contributed by atoms with E-state index in [2.05, 4.69) is 17.1 Å². The SMILES string of the molecule is CCN1CCC2(CC1)OC(=O)C(C)=C2C(=O)NCc1cccs1. The highest BCUT2D eigenvalue weighted by Gasteiger charge is 2.50. The fourth-order valence-electron chi connectivity index (χ4n) is 3.38. The second kappa shape index (κ2) is 6.45. The highest BCUT2D eigenvalue weighted by Crippen LogP contribution is 2.41. The first-order valence-corrected chi connectivity index (χ1v) is 8.91. The van der Waals surface area contributed by atoms with Gasteiger partial charge >= 0.3 is 5.97 Å². The van der Waals surface area contributed by atoms with E-state index in [0.29, 0.717) is 30.5 Å². The van der Waals surface area contributed by atoms with Crippen molar-refractivity contribution in [2.24, 2.45) is 0 Å². The van der Waals surface area contributed by atoms with Crippen LogP contribution in [0.1, 0.15) is 31.6 Å². The van der Waals surface area contributed by atoms with Gasteiger partial charge in [0.25, 0.3) is 5.91 Å². The molecule has 1 amide bonds. The molecule has 1 saturated heterocycles. The van der Waals surface area contributed by atoms with Crippen molar-refractivity contribution in [2.75, 3.05) is 19.6 Å². The van der Waals surface area contributed by atoms with Crippen LogP contribution in [0, 0.1) is 0 Å². The molecule has 0 aliphatic carbocycles. The molecule has 124 valence electrons. The van der Waals surface area contributed by atoms with E-state index in [1.807, 2.05) is 17.5 Å². The van der Waals surface area contributed by atoms with Gasteiger partial charge < -0.3 is 15.0 Å². The zero-order valence-electron chi connectivity index (χ0n) is 13.6. The van der Waals surface area contributed by atoms with Crippen LogP contribution in [0.15, 0.2) is 28.7 Å². The Bertz CT molecular complexity index is 628. The summed E-state index contributed by atoms with van der Waals surface area (Å²) in [6, 6.07) is 3.94. The third kappa shape index (κ3) is 3.05. The van der Waals surface area contributed by atoms with Gasteiger partial charge in [0.1, 0.15) is 5.60 Å². The second-order valence-electron chi connectivity index (χ2n) is 6.08. The Morgan fingerprint density at radius 1 is 1.43 bits per heavy atom. The molecule has 1 fully saturated rings. The Balaban J connectivity index is 1.76. The van der Waals surface area contributed by atoms with Crippen LogP contribution in [0.25, 0.3) is 0 Å². The highest BCUT2D eigenvalue weighted by atomic mass is 32.1. The first-order valence-electron chi connectivity index (χ1n) is 8.03. The van der Waals surface area contributed by atoms with Crippen LogP contribution >= 0.6 is 11.3 Å². The molecule has 1 N–H and O–H groups in total.